The lowest BCUT2D eigenvalue weighted by Gasteiger charge is -2.08. The first-order valence-corrected chi connectivity index (χ1v) is 7.00. The highest BCUT2D eigenvalue weighted by Crippen LogP contribution is 2.29. The molecule has 0 saturated carbocycles. The standard InChI is InChI=1S/C14H13F3O3S/c1-2-20-13(19)9-21-11(8-12(18)14(15,16)17)10-6-4-3-5-7-10/h3-8H,2,9H2,1H3/b11-8+. The van der Waals surface area contributed by atoms with E-state index in [9.17, 15) is 22.8 Å². The van der Waals surface area contributed by atoms with Crippen molar-refractivity contribution in [3.63, 3.8) is 0 Å². The Morgan fingerprint density at radius 1 is 1.24 bits per heavy atom. The zero-order chi connectivity index (χ0) is 15.9. The summed E-state index contributed by atoms with van der Waals surface area (Å²) in [7, 11) is 0. The molecule has 0 N–H and O–H groups in total. The molecule has 3 nitrogen and oxygen atoms in total. The first-order chi connectivity index (χ1) is 9.84. The summed E-state index contributed by atoms with van der Waals surface area (Å²) in [6.45, 7) is 1.81. The zero-order valence-electron chi connectivity index (χ0n) is 11.1. The fourth-order valence-electron chi connectivity index (χ4n) is 1.35. The Morgan fingerprint density at radius 3 is 2.38 bits per heavy atom. The maximum absolute atomic E-state index is 12.3. The topological polar surface area (TPSA) is 43.4 Å². The number of hydrogen-bond acceptors (Lipinski definition) is 4. The van der Waals surface area contributed by atoms with Crippen LogP contribution in [0.4, 0.5) is 13.2 Å². The number of carbonyl (C=O) groups is 2. The number of benzene rings is 1. The monoisotopic (exact) mass is 318 g/mol. The summed E-state index contributed by atoms with van der Waals surface area (Å²) in [6, 6.07) is 8.09. The summed E-state index contributed by atoms with van der Waals surface area (Å²) in [5.41, 5.74) is 0.435. The second kappa shape index (κ2) is 7.87. The quantitative estimate of drug-likeness (QED) is 0.595. The molecule has 0 aliphatic carbocycles. The van der Waals surface area contributed by atoms with Gasteiger partial charge >= 0.3 is 12.1 Å². The third-order valence-corrected chi connectivity index (χ3v) is 3.30. The van der Waals surface area contributed by atoms with Crippen LogP contribution in [-0.4, -0.2) is 30.3 Å². The van der Waals surface area contributed by atoms with Crippen LogP contribution in [0.5, 0.6) is 0 Å². The van der Waals surface area contributed by atoms with E-state index in [4.69, 9.17) is 4.74 Å². The molecule has 0 aliphatic heterocycles. The van der Waals surface area contributed by atoms with Crippen LogP contribution in [0.1, 0.15) is 12.5 Å². The summed E-state index contributed by atoms with van der Waals surface area (Å²) < 4.78 is 41.8. The van der Waals surface area contributed by atoms with E-state index in [0.29, 0.717) is 11.6 Å². The molecule has 0 atom stereocenters. The van der Waals surface area contributed by atoms with Crippen molar-refractivity contribution in [2.45, 2.75) is 13.1 Å². The number of allylic oxidation sites excluding steroid dienone is 1. The van der Waals surface area contributed by atoms with Crippen molar-refractivity contribution in [2.24, 2.45) is 0 Å². The van der Waals surface area contributed by atoms with Crippen LogP contribution < -0.4 is 0 Å². The third kappa shape index (κ3) is 6.03. The van der Waals surface area contributed by atoms with E-state index < -0.39 is 17.9 Å². The molecule has 0 heterocycles. The molecule has 1 rings (SSSR count). The van der Waals surface area contributed by atoms with E-state index in [1.54, 1.807) is 37.3 Å². The lowest BCUT2D eigenvalue weighted by Crippen LogP contribution is -2.20. The summed E-state index contributed by atoms with van der Waals surface area (Å²) in [4.78, 5) is 22.4. The summed E-state index contributed by atoms with van der Waals surface area (Å²) in [6.07, 6.45) is -4.44. The van der Waals surface area contributed by atoms with Crippen LogP contribution in [0.3, 0.4) is 0 Å². The van der Waals surface area contributed by atoms with Crippen molar-refractivity contribution in [3.05, 3.63) is 42.0 Å². The molecule has 0 radical (unpaired) electrons. The number of carbonyl (C=O) groups excluding carboxylic acids is 2. The van der Waals surface area contributed by atoms with Gasteiger partial charge in [-0.15, -0.1) is 11.8 Å². The molecule has 0 bridgehead atoms. The predicted molar refractivity (Wildman–Crippen MR) is 74.6 cm³/mol. The van der Waals surface area contributed by atoms with Gasteiger partial charge in [-0.25, -0.2) is 0 Å². The number of alkyl halides is 3. The minimum Gasteiger partial charge on any atom is -0.465 e. The van der Waals surface area contributed by atoms with Gasteiger partial charge in [-0.3, -0.25) is 9.59 Å². The Balaban J connectivity index is 2.94. The molecular formula is C14H13F3O3S. The van der Waals surface area contributed by atoms with Gasteiger partial charge in [0, 0.05) is 11.0 Å². The van der Waals surface area contributed by atoms with Crippen molar-refractivity contribution in [3.8, 4) is 0 Å². The molecule has 0 spiro atoms. The minimum atomic E-state index is -4.94. The molecule has 0 unspecified atom stereocenters. The molecule has 0 fully saturated rings. The first kappa shape index (κ1) is 17.3. The highest BCUT2D eigenvalue weighted by Gasteiger charge is 2.36. The maximum atomic E-state index is 12.3. The van der Waals surface area contributed by atoms with Crippen molar-refractivity contribution in [2.75, 3.05) is 12.4 Å². The lowest BCUT2D eigenvalue weighted by atomic mass is 10.2. The van der Waals surface area contributed by atoms with E-state index in [0.717, 1.165) is 11.8 Å². The predicted octanol–water partition coefficient (Wildman–Crippen LogP) is 3.46. The highest BCUT2D eigenvalue weighted by molar-refractivity contribution is 8.08. The fraction of sp³-hybridized carbons (Fsp3) is 0.286. The van der Waals surface area contributed by atoms with Gasteiger partial charge in [0.05, 0.1) is 12.4 Å². The molecule has 1 aromatic carbocycles. The van der Waals surface area contributed by atoms with Crippen molar-refractivity contribution in [1.82, 2.24) is 0 Å². The lowest BCUT2D eigenvalue weighted by molar-refractivity contribution is -0.165. The summed E-state index contributed by atoms with van der Waals surface area (Å²) in [5.74, 6) is -2.68. The van der Waals surface area contributed by atoms with Gasteiger partial charge in [-0.05, 0) is 12.5 Å². The van der Waals surface area contributed by atoms with Gasteiger partial charge in [0.2, 0.25) is 0 Å². The van der Waals surface area contributed by atoms with Crippen LogP contribution >= 0.6 is 11.8 Å². The Morgan fingerprint density at radius 2 is 1.86 bits per heavy atom. The van der Waals surface area contributed by atoms with E-state index in [2.05, 4.69) is 0 Å². The van der Waals surface area contributed by atoms with Gasteiger partial charge in [-0.2, -0.15) is 13.2 Å². The van der Waals surface area contributed by atoms with E-state index >= 15 is 0 Å². The van der Waals surface area contributed by atoms with Gasteiger partial charge in [0.15, 0.2) is 0 Å². The summed E-state index contributed by atoms with van der Waals surface area (Å²) >= 11 is 0.833. The van der Waals surface area contributed by atoms with Gasteiger partial charge < -0.3 is 4.74 Å². The molecule has 1 aromatic rings. The average Bonchev–Trinajstić information content (AvgIpc) is 2.43. The normalized spacial score (nSPS) is 12.1. The molecule has 0 amide bonds. The molecular weight excluding hydrogens is 305 g/mol. The van der Waals surface area contributed by atoms with Crippen molar-refractivity contribution >= 4 is 28.4 Å². The second-order valence-corrected chi connectivity index (χ2v) is 4.85. The van der Waals surface area contributed by atoms with E-state index in [1.807, 2.05) is 0 Å². The number of ketones is 1. The molecule has 114 valence electrons. The molecule has 21 heavy (non-hydrogen) atoms. The largest absolute Gasteiger partial charge is 0.465 e. The van der Waals surface area contributed by atoms with Gasteiger partial charge in [0.1, 0.15) is 0 Å². The van der Waals surface area contributed by atoms with Gasteiger partial charge in [-0.1, -0.05) is 30.3 Å². The maximum Gasteiger partial charge on any atom is 0.454 e. The Hall–Kier alpha value is -1.76. The van der Waals surface area contributed by atoms with Crippen LogP contribution in [0, 0.1) is 0 Å². The SMILES string of the molecule is CCOC(=O)CS/C(=C/C(=O)C(F)(F)F)c1ccccc1. The Labute approximate surface area is 124 Å². The van der Waals surface area contributed by atoms with E-state index in [-0.39, 0.29) is 17.3 Å². The highest BCUT2D eigenvalue weighted by atomic mass is 32.2. The van der Waals surface area contributed by atoms with Crippen LogP contribution in [0.2, 0.25) is 0 Å². The Kier molecular flexibility index (Phi) is 6.48. The second-order valence-electron chi connectivity index (χ2n) is 3.83. The van der Waals surface area contributed by atoms with E-state index in [1.165, 1.54) is 0 Å². The zero-order valence-corrected chi connectivity index (χ0v) is 12.0. The fourth-order valence-corrected chi connectivity index (χ4v) is 2.20. The van der Waals surface area contributed by atoms with Crippen molar-refractivity contribution < 1.29 is 27.5 Å². The number of rotatable bonds is 6. The van der Waals surface area contributed by atoms with Gasteiger partial charge in [0.25, 0.3) is 5.78 Å². The molecule has 0 aliphatic rings. The minimum absolute atomic E-state index is 0.0750. The number of esters is 1. The van der Waals surface area contributed by atoms with Crippen LogP contribution in [0.15, 0.2) is 36.4 Å². The smallest absolute Gasteiger partial charge is 0.454 e. The van der Waals surface area contributed by atoms with Crippen LogP contribution in [-0.2, 0) is 14.3 Å². The summed E-state index contributed by atoms with van der Waals surface area (Å²) in [5, 5.41) is 0. The number of halogens is 3. The Bertz CT molecular complexity index is 524. The third-order valence-electron chi connectivity index (χ3n) is 2.25. The number of ether oxygens (including phenoxy) is 1. The molecule has 0 aromatic heterocycles. The van der Waals surface area contributed by atoms with Crippen molar-refractivity contribution in [1.29, 1.82) is 0 Å². The molecule has 0 saturated heterocycles. The first-order valence-electron chi connectivity index (χ1n) is 6.01. The number of hydrogen-bond donors (Lipinski definition) is 0. The van der Waals surface area contributed by atoms with Crippen LogP contribution in [0.25, 0.3) is 4.91 Å². The molecule has 7 heteroatoms. The number of thioether (sulfide) groups is 1. The average molecular weight is 318 g/mol.